The largest absolute Gasteiger partial charge is 0.436 e. The highest BCUT2D eigenvalue weighted by molar-refractivity contribution is 5.79. The number of carbonyl (C=O) groups is 1. The van der Waals surface area contributed by atoms with Crippen LogP contribution in [0.1, 0.15) is 29.5 Å². The highest BCUT2D eigenvalue weighted by Gasteiger charge is 2.31. The van der Waals surface area contributed by atoms with E-state index in [0.717, 1.165) is 24.1 Å². The fraction of sp³-hybridized carbons (Fsp3) is 0.320. The van der Waals surface area contributed by atoms with Gasteiger partial charge < -0.3 is 15.0 Å². The summed E-state index contributed by atoms with van der Waals surface area (Å²) in [6.07, 6.45) is 0.164. The minimum absolute atomic E-state index is 0.0338. The molecule has 0 radical (unpaired) electrons. The number of aryl methyl sites for hydroxylation is 1. The number of hydrogen-bond acceptors (Lipinski definition) is 5. The van der Waals surface area contributed by atoms with Crippen LogP contribution in [0.2, 0.25) is 0 Å². The third-order valence-electron chi connectivity index (χ3n) is 5.76. The monoisotopic (exact) mass is 470 g/mol. The van der Waals surface area contributed by atoms with Gasteiger partial charge in [-0.2, -0.15) is 13.2 Å². The Morgan fingerprint density at radius 2 is 1.94 bits per heavy atom. The number of aromatic nitrogens is 2. The molecule has 1 aliphatic rings. The molecular weight excluding hydrogens is 445 g/mol. The van der Waals surface area contributed by atoms with Crippen molar-refractivity contribution in [2.75, 3.05) is 18.0 Å². The van der Waals surface area contributed by atoms with Crippen LogP contribution in [0, 0.1) is 12.8 Å². The molecule has 1 aromatic heterocycles. The van der Waals surface area contributed by atoms with Crippen molar-refractivity contribution < 1.29 is 22.7 Å². The van der Waals surface area contributed by atoms with Crippen LogP contribution in [0.25, 0.3) is 0 Å². The Morgan fingerprint density at radius 3 is 2.74 bits per heavy atom. The zero-order chi connectivity index (χ0) is 24.1. The number of nitrogens with zero attached hydrogens (tertiary/aromatic N) is 3. The summed E-state index contributed by atoms with van der Waals surface area (Å²) in [7, 11) is 0. The summed E-state index contributed by atoms with van der Waals surface area (Å²) < 4.78 is 44.8. The quantitative estimate of drug-likeness (QED) is 0.541. The lowest BCUT2D eigenvalue weighted by atomic mass is 9.97. The molecule has 0 aliphatic carbocycles. The zero-order valence-corrected chi connectivity index (χ0v) is 18.7. The number of rotatable bonds is 6. The van der Waals surface area contributed by atoms with E-state index in [1.165, 1.54) is 6.07 Å². The Morgan fingerprint density at radius 1 is 1.15 bits per heavy atom. The fourth-order valence-corrected chi connectivity index (χ4v) is 3.96. The van der Waals surface area contributed by atoms with Crippen LogP contribution in [-0.2, 0) is 17.5 Å². The normalized spacial score (nSPS) is 16.2. The second-order valence-corrected chi connectivity index (χ2v) is 8.25. The van der Waals surface area contributed by atoms with Gasteiger partial charge >= 0.3 is 6.18 Å². The van der Waals surface area contributed by atoms with Crippen LogP contribution < -0.4 is 15.0 Å². The topological polar surface area (TPSA) is 67.4 Å². The molecule has 3 aromatic rings. The first kappa shape index (κ1) is 23.5. The van der Waals surface area contributed by atoms with E-state index in [4.69, 9.17) is 4.74 Å². The Labute approximate surface area is 195 Å². The molecule has 1 aliphatic heterocycles. The molecule has 6 nitrogen and oxygen atoms in total. The van der Waals surface area contributed by atoms with Crippen molar-refractivity contribution in [1.29, 1.82) is 0 Å². The summed E-state index contributed by atoms with van der Waals surface area (Å²) >= 11 is 0. The summed E-state index contributed by atoms with van der Waals surface area (Å²) in [4.78, 5) is 23.6. The van der Waals surface area contributed by atoms with E-state index in [2.05, 4.69) is 15.3 Å². The Hall–Kier alpha value is -3.62. The summed E-state index contributed by atoms with van der Waals surface area (Å²) in [5.74, 6) is 1.07. The smallest absolute Gasteiger partial charge is 0.416 e. The Kier molecular flexibility index (Phi) is 7.00. The first-order valence-electron chi connectivity index (χ1n) is 11.0. The maximum absolute atomic E-state index is 12.9. The van der Waals surface area contributed by atoms with E-state index in [9.17, 15) is 18.0 Å². The molecule has 2 heterocycles. The second-order valence-electron chi connectivity index (χ2n) is 8.25. The zero-order valence-electron chi connectivity index (χ0n) is 18.7. The minimum atomic E-state index is -4.42. The van der Waals surface area contributed by atoms with Gasteiger partial charge in [0.1, 0.15) is 5.75 Å². The predicted molar refractivity (Wildman–Crippen MR) is 122 cm³/mol. The molecule has 2 aromatic carbocycles. The molecule has 1 fully saturated rings. The van der Waals surface area contributed by atoms with E-state index < -0.39 is 11.7 Å². The van der Waals surface area contributed by atoms with Gasteiger partial charge in [0.25, 0.3) is 5.88 Å². The lowest BCUT2D eigenvalue weighted by Crippen LogP contribution is -2.43. The first-order valence-corrected chi connectivity index (χ1v) is 11.0. The van der Waals surface area contributed by atoms with Gasteiger partial charge in [0.05, 0.1) is 11.5 Å². The van der Waals surface area contributed by atoms with Gasteiger partial charge in [-0.1, -0.05) is 30.3 Å². The van der Waals surface area contributed by atoms with Crippen molar-refractivity contribution in [2.45, 2.75) is 32.5 Å². The number of amides is 1. The van der Waals surface area contributed by atoms with E-state index in [0.29, 0.717) is 42.5 Å². The summed E-state index contributed by atoms with van der Waals surface area (Å²) in [5.41, 5.74) is 0.634. The van der Waals surface area contributed by atoms with Crippen molar-refractivity contribution in [2.24, 2.45) is 5.92 Å². The summed E-state index contributed by atoms with van der Waals surface area (Å²) in [6.45, 7) is 3.08. The number of anilines is 1. The molecule has 1 amide bonds. The number of halogens is 3. The molecule has 1 unspecified atom stereocenters. The molecule has 1 N–H and O–H groups in total. The Balaban J connectivity index is 1.42. The molecule has 1 atom stereocenters. The Bertz CT molecular complexity index is 1150. The summed E-state index contributed by atoms with van der Waals surface area (Å²) in [6, 6.07) is 12.6. The van der Waals surface area contributed by atoms with Gasteiger partial charge in [0, 0.05) is 32.0 Å². The van der Waals surface area contributed by atoms with E-state index in [-0.39, 0.29) is 18.4 Å². The predicted octanol–water partition coefficient (Wildman–Crippen LogP) is 5.13. The second kappa shape index (κ2) is 10.1. The summed E-state index contributed by atoms with van der Waals surface area (Å²) in [5, 5.41) is 2.78. The molecule has 1 saturated heterocycles. The average Bonchev–Trinajstić information content (AvgIpc) is 2.84. The van der Waals surface area contributed by atoms with Crippen LogP contribution in [0.4, 0.5) is 19.0 Å². The average molecular weight is 470 g/mol. The van der Waals surface area contributed by atoms with Gasteiger partial charge in [-0.25, -0.2) is 9.97 Å². The SMILES string of the molecule is Cc1ccccc1Oc1nccnc1N1CCCC(C(=O)NCc2cccc(C(F)(F)F)c2)C1. The number of benzene rings is 2. The van der Waals surface area contributed by atoms with Gasteiger partial charge in [-0.3, -0.25) is 4.79 Å². The first-order chi connectivity index (χ1) is 16.3. The highest BCUT2D eigenvalue weighted by atomic mass is 19.4. The number of para-hydroxylation sites is 1. The van der Waals surface area contributed by atoms with Gasteiger partial charge in [-0.15, -0.1) is 0 Å². The molecular formula is C25H25F3N4O2. The highest BCUT2D eigenvalue weighted by Crippen LogP contribution is 2.32. The van der Waals surface area contributed by atoms with Crippen molar-refractivity contribution in [1.82, 2.24) is 15.3 Å². The number of ether oxygens (including phenoxy) is 1. The van der Waals surface area contributed by atoms with Crippen LogP contribution in [0.15, 0.2) is 60.9 Å². The molecule has 0 saturated carbocycles. The number of carbonyl (C=O) groups excluding carboxylic acids is 1. The molecule has 34 heavy (non-hydrogen) atoms. The van der Waals surface area contributed by atoms with E-state index >= 15 is 0 Å². The van der Waals surface area contributed by atoms with Crippen LogP contribution >= 0.6 is 0 Å². The van der Waals surface area contributed by atoms with E-state index in [1.54, 1.807) is 18.5 Å². The number of nitrogens with one attached hydrogen (secondary N) is 1. The number of piperidine rings is 1. The van der Waals surface area contributed by atoms with Crippen molar-refractivity contribution in [3.8, 4) is 11.6 Å². The number of alkyl halides is 3. The minimum Gasteiger partial charge on any atom is -0.436 e. The third kappa shape index (κ3) is 5.65. The van der Waals surface area contributed by atoms with Crippen LogP contribution in [0.5, 0.6) is 11.6 Å². The lowest BCUT2D eigenvalue weighted by Gasteiger charge is -2.33. The third-order valence-corrected chi connectivity index (χ3v) is 5.76. The number of hydrogen-bond donors (Lipinski definition) is 1. The van der Waals surface area contributed by atoms with Crippen molar-refractivity contribution in [3.63, 3.8) is 0 Å². The standard InChI is InChI=1S/C25H25F3N4O2/c1-17-6-2-3-10-21(17)34-24-22(29-11-12-30-24)32-13-5-8-19(16-32)23(33)31-15-18-7-4-9-20(14-18)25(26,27)28/h2-4,6-7,9-12,14,19H,5,8,13,15-16H2,1H3,(H,31,33). The van der Waals surface area contributed by atoms with Gasteiger partial charge in [0.2, 0.25) is 5.91 Å². The molecule has 9 heteroatoms. The van der Waals surface area contributed by atoms with E-state index in [1.807, 2.05) is 36.1 Å². The molecule has 178 valence electrons. The molecule has 4 rings (SSSR count). The maximum Gasteiger partial charge on any atom is 0.416 e. The van der Waals surface area contributed by atoms with Gasteiger partial charge in [0.15, 0.2) is 5.82 Å². The molecule has 0 spiro atoms. The van der Waals surface area contributed by atoms with Crippen molar-refractivity contribution in [3.05, 3.63) is 77.6 Å². The fourth-order valence-electron chi connectivity index (χ4n) is 3.96. The van der Waals surface area contributed by atoms with Crippen molar-refractivity contribution >= 4 is 11.7 Å². The lowest BCUT2D eigenvalue weighted by molar-refractivity contribution is -0.137. The van der Waals surface area contributed by atoms with Crippen LogP contribution in [-0.4, -0.2) is 29.0 Å². The maximum atomic E-state index is 12.9. The van der Waals surface area contributed by atoms with Crippen LogP contribution in [0.3, 0.4) is 0 Å². The molecule has 0 bridgehead atoms. The van der Waals surface area contributed by atoms with Gasteiger partial charge in [-0.05, 0) is 49.1 Å².